The maximum Gasteiger partial charge on any atom is 0.308 e. The van der Waals surface area contributed by atoms with Crippen molar-refractivity contribution in [1.82, 2.24) is 9.97 Å². The Morgan fingerprint density at radius 3 is 2.56 bits per heavy atom. The van der Waals surface area contributed by atoms with Gasteiger partial charge in [0.1, 0.15) is 0 Å². The molecule has 1 saturated carbocycles. The Kier molecular flexibility index (Phi) is 5.06. The molecular formula is C19H27N3O3. The minimum absolute atomic E-state index is 0.0422. The third kappa shape index (κ3) is 4.17. The van der Waals surface area contributed by atoms with Gasteiger partial charge in [0.15, 0.2) is 0 Å². The topological polar surface area (TPSA) is 81.2 Å². The molecule has 1 aromatic heterocycles. The van der Waals surface area contributed by atoms with Crippen LogP contribution in [0.5, 0.6) is 0 Å². The van der Waals surface area contributed by atoms with Gasteiger partial charge in [-0.2, -0.15) is 0 Å². The highest BCUT2D eigenvalue weighted by atomic mass is 16.5. The van der Waals surface area contributed by atoms with Crippen LogP contribution in [0.4, 0.5) is 5.95 Å². The molecule has 6 nitrogen and oxygen atoms in total. The van der Waals surface area contributed by atoms with Gasteiger partial charge in [0, 0.05) is 17.8 Å². The third-order valence-corrected chi connectivity index (χ3v) is 5.53. The second kappa shape index (κ2) is 7.10. The summed E-state index contributed by atoms with van der Waals surface area (Å²) in [7, 11) is 1.41. The Morgan fingerprint density at radius 1 is 1.20 bits per heavy atom. The van der Waals surface area contributed by atoms with E-state index in [1.54, 1.807) is 0 Å². The molecule has 1 fully saturated rings. The lowest BCUT2D eigenvalue weighted by Gasteiger charge is -2.30. The molecule has 0 saturated heterocycles. The summed E-state index contributed by atoms with van der Waals surface area (Å²) in [6.45, 7) is 4.52. The molecule has 0 unspecified atom stereocenters. The number of methoxy groups -OCH3 is 1. The quantitative estimate of drug-likeness (QED) is 0.852. The predicted octanol–water partition coefficient (Wildman–Crippen LogP) is 2.91. The standard InChI is InChI=1S/C19H27N3O3/c1-19(2)9-8-15-14(10-19)11-20-18(21-15)22-16(23)12-4-6-13(7-5-12)17(24)25-3/h11-13H,4-10H2,1-3H3,(H,20,21,22,23). The maximum absolute atomic E-state index is 12.5. The number of aromatic nitrogens is 2. The largest absolute Gasteiger partial charge is 0.469 e. The van der Waals surface area contributed by atoms with E-state index in [0.717, 1.165) is 25.0 Å². The normalized spacial score (nSPS) is 24.9. The van der Waals surface area contributed by atoms with Crippen LogP contribution in [-0.4, -0.2) is 29.0 Å². The first kappa shape index (κ1) is 17.8. The van der Waals surface area contributed by atoms with Crippen molar-refractivity contribution in [3.8, 4) is 0 Å². The molecule has 25 heavy (non-hydrogen) atoms. The van der Waals surface area contributed by atoms with Crippen molar-refractivity contribution in [1.29, 1.82) is 0 Å². The van der Waals surface area contributed by atoms with Crippen LogP contribution in [0.3, 0.4) is 0 Å². The molecule has 1 aromatic rings. The van der Waals surface area contributed by atoms with Crippen molar-refractivity contribution < 1.29 is 14.3 Å². The molecule has 0 aliphatic heterocycles. The molecule has 0 atom stereocenters. The Labute approximate surface area is 148 Å². The molecular weight excluding hydrogens is 318 g/mol. The summed E-state index contributed by atoms with van der Waals surface area (Å²) in [5, 5.41) is 2.86. The maximum atomic E-state index is 12.5. The number of nitrogens with one attached hydrogen (secondary N) is 1. The zero-order chi connectivity index (χ0) is 18.0. The number of hydrogen-bond acceptors (Lipinski definition) is 5. The summed E-state index contributed by atoms with van der Waals surface area (Å²) in [5.74, 6) is 0.0367. The van der Waals surface area contributed by atoms with Crippen LogP contribution in [0.2, 0.25) is 0 Å². The minimum Gasteiger partial charge on any atom is -0.469 e. The average Bonchev–Trinajstić information content (AvgIpc) is 2.60. The molecule has 0 bridgehead atoms. The molecule has 2 aliphatic rings. The fraction of sp³-hybridized carbons (Fsp3) is 0.684. The Hall–Kier alpha value is -1.98. The molecule has 2 aliphatic carbocycles. The van der Waals surface area contributed by atoms with Crippen LogP contribution in [-0.2, 0) is 27.2 Å². The smallest absolute Gasteiger partial charge is 0.308 e. The van der Waals surface area contributed by atoms with E-state index in [1.165, 1.54) is 12.7 Å². The molecule has 0 radical (unpaired) electrons. The SMILES string of the molecule is COC(=O)C1CCC(C(=O)Nc2ncc3c(n2)CCC(C)(C)C3)CC1. The van der Waals surface area contributed by atoms with Gasteiger partial charge in [-0.25, -0.2) is 9.97 Å². The highest BCUT2D eigenvalue weighted by Gasteiger charge is 2.31. The van der Waals surface area contributed by atoms with Crippen molar-refractivity contribution in [3.63, 3.8) is 0 Å². The second-order valence-electron chi connectivity index (χ2n) is 8.07. The number of rotatable bonds is 3. The van der Waals surface area contributed by atoms with Crippen LogP contribution < -0.4 is 5.32 Å². The summed E-state index contributed by atoms with van der Waals surface area (Å²) in [5.41, 5.74) is 2.53. The van der Waals surface area contributed by atoms with Crippen molar-refractivity contribution >= 4 is 17.8 Å². The van der Waals surface area contributed by atoms with Crippen molar-refractivity contribution in [2.24, 2.45) is 17.3 Å². The van der Waals surface area contributed by atoms with E-state index in [1.807, 2.05) is 6.20 Å². The van der Waals surface area contributed by atoms with Gasteiger partial charge in [-0.1, -0.05) is 13.8 Å². The second-order valence-corrected chi connectivity index (χ2v) is 8.07. The van der Waals surface area contributed by atoms with Crippen molar-refractivity contribution in [2.75, 3.05) is 12.4 Å². The Morgan fingerprint density at radius 2 is 1.88 bits per heavy atom. The lowest BCUT2D eigenvalue weighted by Crippen LogP contribution is -2.31. The van der Waals surface area contributed by atoms with E-state index in [0.29, 0.717) is 37.0 Å². The van der Waals surface area contributed by atoms with E-state index in [-0.39, 0.29) is 23.7 Å². The first-order valence-corrected chi connectivity index (χ1v) is 9.11. The molecule has 1 amide bonds. The van der Waals surface area contributed by atoms with Crippen LogP contribution in [0, 0.1) is 17.3 Å². The fourth-order valence-corrected chi connectivity index (χ4v) is 3.90. The number of nitrogens with zero attached hydrogens (tertiary/aromatic N) is 2. The van der Waals surface area contributed by atoms with E-state index in [4.69, 9.17) is 4.74 Å². The predicted molar refractivity (Wildman–Crippen MR) is 93.9 cm³/mol. The van der Waals surface area contributed by atoms with Crippen LogP contribution in [0.15, 0.2) is 6.20 Å². The van der Waals surface area contributed by atoms with Crippen LogP contribution >= 0.6 is 0 Å². The van der Waals surface area contributed by atoms with Gasteiger partial charge >= 0.3 is 5.97 Å². The average molecular weight is 345 g/mol. The zero-order valence-corrected chi connectivity index (χ0v) is 15.3. The highest BCUT2D eigenvalue weighted by Crippen LogP contribution is 2.34. The van der Waals surface area contributed by atoms with Crippen LogP contribution in [0.1, 0.15) is 57.2 Å². The summed E-state index contributed by atoms with van der Waals surface area (Å²) in [6.07, 6.45) is 7.66. The molecule has 6 heteroatoms. The molecule has 0 aromatic carbocycles. The van der Waals surface area contributed by atoms with Crippen LogP contribution in [0.25, 0.3) is 0 Å². The van der Waals surface area contributed by atoms with E-state index in [9.17, 15) is 9.59 Å². The Bertz CT molecular complexity index is 664. The van der Waals surface area contributed by atoms with Gasteiger partial charge in [0.25, 0.3) is 0 Å². The third-order valence-electron chi connectivity index (χ3n) is 5.53. The van der Waals surface area contributed by atoms with Gasteiger partial charge in [-0.05, 0) is 55.9 Å². The molecule has 3 rings (SSSR count). The lowest BCUT2D eigenvalue weighted by atomic mass is 9.76. The summed E-state index contributed by atoms with van der Waals surface area (Å²) >= 11 is 0. The zero-order valence-electron chi connectivity index (χ0n) is 15.3. The number of esters is 1. The molecule has 0 spiro atoms. The summed E-state index contributed by atoms with van der Waals surface area (Å²) in [6, 6.07) is 0. The number of carbonyl (C=O) groups excluding carboxylic acids is 2. The van der Waals surface area contributed by atoms with Gasteiger partial charge in [-0.15, -0.1) is 0 Å². The fourth-order valence-electron chi connectivity index (χ4n) is 3.90. The molecule has 1 heterocycles. The van der Waals surface area contributed by atoms with Gasteiger partial charge < -0.3 is 4.74 Å². The first-order chi connectivity index (χ1) is 11.9. The molecule has 1 N–H and O–H groups in total. The van der Waals surface area contributed by atoms with E-state index < -0.39 is 0 Å². The van der Waals surface area contributed by atoms with E-state index >= 15 is 0 Å². The van der Waals surface area contributed by atoms with Gasteiger partial charge in [0.2, 0.25) is 11.9 Å². The monoisotopic (exact) mass is 345 g/mol. The van der Waals surface area contributed by atoms with E-state index in [2.05, 4.69) is 29.1 Å². The summed E-state index contributed by atoms with van der Waals surface area (Å²) < 4.78 is 4.79. The number of amides is 1. The van der Waals surface area contributed by atoms with Gasteiger partial charge in [0.05, 0.1) is 13.0 Å². The van der Waals surface area contributed by atoms with Crippen molar-refractivity contribution in [3.05, 3.63) is 17.5 Å². The first-order valence-electron chi connectivity index (χ1n) is 9.11. The minimum atomic E-state index is -0.167. The number of carbonyl (C=O) groups is 2. The number of hydrogen-bond donors (Lipinski definition) is 1. The van der Waals surface area contributed by atoms with Crippen molar-refractivity contribution in [2.45, 2.75) is 58.8 Å². The number of aryl methyl sites for hydroxylation is 1. The molecule has 136 valence electrons. The Balaban J connectivity index is 1.58. The number of fused-ring (bicyclic) bond motifs is 1. The summed E-state index contributed by atoms with van der Waals surface area (Å²) in [4.78, 5) is 32.9. The number of ether oxygens (including phenoxy) is 1. The highest BCUT2D eigenvalue weighted by molar-refractivity contribution is 5.91. The number of anilines is 1. The van der Waals surface area contributed by atoms with Gasteiger partial charge in [-0.3, -0.25) is 14.9 Å². The lowest BCUT2D eigenvalue weighted by molar-refractivity contribution is -0.147.